The highest BCUT2D eigenvalue weighted by atomic mass is 16.5. The van der Waals surface area contributed by atoms with E-state index in [0.29, 0.717) is 18.7 Å². The number of anilines is 3. The van der Waals surface area contributed by atoms with Gasteiger partial charge in [-0.25, -0.2) is 0 Å². The number of methoxy groups -OCH3 is 1. The minimum atomic E-state index is -0.299. The van der Waals surface area contributed by atoms with Gasteiger partial charge in [-0.15, -0.1) is 0 Å². The molecule has 1 aromatic carbocycles. The van der Waals surface area contributed by atoms with Crippen molar-refractivity contribution in [1.29, 1.82) is 0 Å². The first kappa shape index (κ1) is 25.8. The first-order chi connectivity index (χ1) is 16.4. The number of nitrogens with one attached hydrogen (secondary N) is 2. The molecular weight excluding hydrogens is 436 g/mol. The Morgan fingerprint density at radius 3 is 2.59 bits per heavy atom. The Bertz CT molecular complexity index is 854. The number of nitrogens with zero attached hydrogens (tertiary/aromatic N) is 4. The molecule has 0 aliphatic carbocycles. The van der Waals surface area contributed by atoms with E-state index in [9.17, 15) is 14.4 Å². The second kappa shape index (κ2) is 12.0. The van der Waals surface area contributed by atoms with Crippen LogP contribution in [0.1, 0.15) is 19.8 Å². The number of amides is 3. The average molecular weight is 475 g/mol. The van der Waals surface area contributed by atoms with E-state index in [4.69, 9.17) is 4.74 Å². The van der Waals surface area contributed by atoms with Crippen molar-refractivity contribution in [3.63, 3.8) is 0 Å². The molecule has 10 nitrogen and oxygen atoms in total. The molecular formula is C24H38N6O4. The monoisotopic (exact) mass is 474 g/mol. The van der Waals surface area contributed by atoms with Gasteiger partial charge >= 0.3 is 0 Å². The van der Waals surface area contributed by atoms with Crippen molar-refractivity contribution in [3.8, 4) is 5.75 Å². The Kier molecular flexibility index (Phi) is 9.12. The summed E-state index contributed by atoms with van der Waals surface area (Å²) in [6, 6.07) is 3.91. The summed E-state index contributed by atoms with van der Waals surface area (Å²) < 4.78 is 5.72. The van der Waals surface area contributed by atoms with Gasteiger partial charge in [0.05, 0.1) is 18.5 Å². The van der Waals surface area contributed by atoms with Crippen LogP contribution in [0.2, 0.25) is 0 Å². The number of hydrogen-bond donors (Lipinski definition) is 2. The van der Waals surface area contributed by atoms with Crippen LogP contribution in [-0.2, 0) is 14.4 Å². The molecule has 1 unspecified atom stereocenters. The molecule has 2 N–H and O–H groups in total. The van der Waals surface area contributed by atoms with E-state index < -0.39 is 0 Å². The van der Waals surface area contributed by atoms with Crippen LogP contribution in [0.4, 0.5) is 17.1 Å². The van der Waals surface area contributed by atoms with Crippen LogP contribution in [0.25, 0.3) is 0 Å². The number of benzene rings is 1. The quantitative estimate of drug-likeness (QED) is 0.423. The lowest BCUT2D eigenvalue weighted by Crippen LogP contribution is -2.54. The lowest BCUT2D eigenvalue weighted by molar-refractivity contribution is -0.125. The Morgan fingerprint density at radius 2 is 1.97 bits per heavy atom. The molecule has 1 aromatic rings. The Balaban J connectivity index is 1.80. The SMILES string of the molecule is COc1ccc(N(C)C(C)CCC(=O)NC=O)c(N(C)C=O)c1N1CC(CN2CCNCC2)C1. The first-order valence-electron chi connectivity index (χ1n) is 11.9. The molecule has 0 saturated carbocycles. The summed E-state index contributed by atoms with van der Waals surface area (Å²) in [5, 5.41) is 5.58. The highest BCUT2D eigenvalue weighted by Gasteiger charge is 2.34. The summed E-state index contributed by atoms with van der Waals surface area (Å²) in [4.78, 5) is 42.6. The molecule has 0 aromatic heterocycles. The molecule has 34 heavy (non-hydrogen) atoms. The highest BCUT2D eigenvalue weighted by Crippen LogP contribution is 2.47. The minimum Gasteiger partial charge on any atom is -0.494 e. The molecule has 0 spiro atoms. The molecule has 3 rings (SSSR count). The van der Waals surface area contributed by atoms with Gasteiger partial charge in [0.15, 0.2) is 0 Å². The van der Waals surface area contributed by atoms with Crippen molar-refractivity contribution in [2.45, 2.75) is 25.8 Å². The number of hydrogen-bond acceptors (Lipinski definition) is 8. The fourth-order valence-electron chi connectivity index (χ4n) is 4.74. The molecule has 2 aliphatic rings. The van der Waals surface area contributed by atoms with Gasteiger partial charge in [0.1, 0.15) is 11.4 Å². The maximum absolute atomic E-state index is 11.9. The molecule has 0 radical (unpaired) electrons. The van der Waals surface area contributed by atoms with E-state index >= 15 is 0 Å². The van der Waals surface area contributed by atoms with Crippen molar-refractivity contribution < 1.29 is 19.1 Å². The Labute approximate surface area is 202 Å². The van der Waals surface area contributed by atoms with Crippen LogP contribution >= 0.6 is 0 Å². The number of carbonyl (C=O) groups is 3. The standard InChI is InChI=1S/C24H38N6O4/c1-18(5-8-22(33)26-16-31)28(3)20-6-7-21(34-4)24(23(20)27(2)17-32)30-14-19(15-30)13-29-11-9-25-10-12-29/h6-7,16-19,25H,5,8-15H2,1-4H3,(H,26,31,33). The van der Waals surface area contributed by atoms with E-state index in [2.05, 4.69) is 25.3 Å². The third-order valence-corrected chi connectivity index (χ3v) is 6.87. The van der Waals surface area contributed by atoms with Crippen LogP contribution in [0.5, 0.6) is 5.75 Å². The van der Waals surface area contributed by atoms with Crippen LogP contribution in [-0.4, -0.2) is 96.7 Å². The van der Waals surface area contributed by atoms with Crippen LogP contribution in [0.15, 0.2) is 12.1 Å². The zero-order valence-corrected chi connectivity index (χ0v) is 20.7. The lowest BCUT2D eigenvalue weighted by Gasteiger charge is -2.46. The molecule has 2 fully saturated rings. The summed E-state index contributed by atoms with van der Waals surface area (Å²) >= 11 is 0. The predicted molar refractivity (Wildman–Crippen MR) is 134 cm³/mol. The van der Waals surface area contributed by atoms with E-state index in [1.165, 1.54) is 0 Å². The summed E-state index contributed by atoms with van der Waals surface area (Å²) in [7, 11) is 5.36. The topological polar surface area (TPSA) is 97.5 Å². The third kappa shape index (κ3) is 5.98. The predicted octanol–water partition coefficient (Wildman–Crippen LogP) is 0.507. The Morgan fingerprint density at radius 1 is 1.26 bits per heavy atom. The largest absolute Gasteiger partial charge is 0.494 e. The number of imide groups is 1. The molecule has 3 amide bonds. The number of rotatable bonds is 12. The highest BCUT2D eigenvalue weighted by molar-refractivity contribution is 5.95. The minimum absolute atomic E-state index is 0.00861. The van der Waals surface area contributed by atoms with Gasteiger partial charge in [-0.2, -0.15) is 0 Å². The third-order valence-electron chi connectivity index (χ3n) is 6.87. The normalized spacial score (nSPS) is 17.5. The fourth-order valence-corrected chi connectivity index (χ4v) is 4.74. The number of ether oxygens (including phenoxy) is 1. The molecule has 0 bridgehead atoms. The molecule has 2 aliphatic heterocycles. The van der Waals surface area contributed by atoms with Gasteiger partial charge in [-0.3, -0.25) is 19.7 Å². The van der Waals surface area contributed by atoms with Crippen molar-refractivity contribution in [2.75, 3.05) is 81.7 Å². The second-order valence-corrected chi connectivity index (χ2v) is 9.21. The van der Waals surface area contributed by atoms with Crippen LogP contribution in [0.3, 0.4) is 0 Å². The summed E-state index contributed by atoms with van der Waals surface area (Å²) in [5.41, 5.74) is 2.60. The van der Waals surface area contributed by atoms with Crippen LogP contribution < -0.4 is 30.1 Å². The molecule has 2 heterocycles. The maximum Gasteiger partial charge on any atom is 0.226 e. The van der Waals surface area contributed by atoms with Gasteiger partial charge in [0.25, 0.3) is 0 Å². The first-order valence-corrected chi connectivity index (χ1v) is 11.9. The smallest absolute Gasteiger partial charge is 0.226 e. The fraction of sp³-hybridized carbons (Fsp3) is 0.625. The second-order valence-electron chi connectivity index (χ2n) is 9.21. The van der Waals surface area contributed by atoms with Gasteiger partial charge in [-0.05, 0) is 25.5 Å². The zero-order chi connectivity index (χ0) is 24.7. The Hall–Kier alpha value is -2.85. The lowest BCUT2D eigenvalue weighted by atomic mass is 9.96. The summed E-state index contributed by atoms with van der Waals surface area (Å²) in [6.45, 7) is 9.19. The van der Waals surface area contributed by atoms with Crippen molar-refractivity contribution in [3.05, 3.63) is 12.1 Å². The van der Waals surface area contributed by atoms with E-state index in [-0.39, 0.29) is 18.4 Å². The number of piperazine rings is 1. The van der Waals surface area contributed by atoms with E-state index in [0.717, 1.165) is 75.0 Å². The van der Waals surface area contributed by atoms with Gasteiger partial charge in [0.2, 0.25) is 18.7 Å². The maximum atomic E-state index is 11.9. The molecule has 188 valence electrons. The van der Waals surface area contributed by atoms with Crippen molar-refractivity contribution >= 4 is 35.8 Å². The van der Waals surface area contributed by atoms with Gasteiger partial charge < -0.3 is 29.7 Å². The van der Waals surface area contributed by atoms with Gasteiger partial charge in [0, 0.05) is 78.3 Å². The van der Waals surface area contributed by atoms with Crippen LogP contribution in [0, 0.1) is 5.92 Å². The zero-order valence-electron chi connectivity index (χ0n) is 20.7. The number of carbonyl (C=O) groups excluding carboxylic acids is 3. The average Bonchev–Trinajstić information content (AvgIpc) is 2.83. The molecule has 1 atom stereocenters. The van der Waals surface area contributed by atoms with Crippen molar-refractivity contribution in [2.24, 2.45) is 5.92 Å². The molecule has 2 saturated heterocycles. The van der Waals surface area contributed by atoms with E-state index in [1.54, 1.807) is 19.1 Å². The molecule has 10 heteroatoms. The summed E-state index contributed by atoms with van der Waals surface area (Å²) in [5.74, 6) is 1.01. The van der Waals surface area contributed by atoms with Gasteiger partial charge in [-0.1, -0.05) is 0 Å². The van der Waals surface area contributed by atoms with E-state index in [1.807, 2.05) is 26.1 Å². The van der Waals surface area contributed by atoms with Crippen molar-refractivity contribution in [1.82, 2.24) is 15.5 Å². The summed E-state index contributed by atoms with van der Waals surface area (Å²) in [6.07, 6.45) is 2.03.